The number of nitrogens with zero attached hydrogens (tertiary/aromatic N) is 2. The zero-order valence-corrected chi connectivity index (χ0v) is 18.9. The quantitative estimate of drug-likeness (QED) is 0.703. The number of rotatable bonds is 3. The summed E-state index contributed by atoms with van der Waals surface area (Å²) in [6, 6.07) is 8.44. The smallest absolute Gasteiger partial charge is 0.227 e. The fraction of sp³-hybridized carbons (Fsp3) is 0.565. The van der Waals surface area contributed by atoms with E-state index in [-0.39, 0.29) is 36.6 Å². The van der Waals surface area contributed by atoms with E-state index in [1.807, 2.05) is 12.1 Å². The Labute approximate surface area is 191 Å². The molecule has 2 heterocycles. The van der Waals surface area contributed by atoms with Gasteiger partial charge in [0.25, 0.3) is 0 Å². The monoisotopic (exact) mass is 450 g/mol. The van der Waals surface area contributed by atoms with Gasteiger partial charge >= 0.3 is 0 Å². The summed E-state index contributed by atoms with van der Waals surface area (Å²) in [6.45, 7) is 1.07. The number of benzene rings is 1. The van der Waals surface area contributed by atoms with E-state index in [0.29, 0.717) is 17.9 Å². The number of aromatic nitrogens is 2. The van der Waals surface area contributed by atoms with Crippen molar-refractivity contribution in [3.8, 4) is 11.3 Å². The lowest BCUT2D eigenvalue weighted by Gasteiger charge is -2.43. The molecule has 2 bridgehead atoms. The Balaban J connectivity index is 0.00000128. The van der Waals surface area contributed by atoms with Crippen LogP contribution in [0.2, 0.25) is 0 Å². The summed E-state index contributed by atoms with van der Waals surface area (Å²) in [4.78, 5) is 17.6. The second-order valence-electron chi connectivity index (χ2n) is 8.96. The van der Waals surface area contributed by atoms with Crippen molar-refractivity contribution in [1.29, 1.82) is 0 Å². The molecule has 2 saturated carbocycles. The van der Waals surface area contributed by atoms with Gasteiger partial charge in [-0.15, -0.1) is 24.8 Å². The number of anilines is 1. The van der Waals surface area contributed by atoms with Crippen molar-refractivity contribution in [2.75, 3.05) is 5.32 Å². The van der Waals surface area contributed by atoms with Gasteiger partial charge in [-0.05, 0) is 62.5 Å². The van der Waals surface area contributed by atoms with Crippen LogP contribution in [-0.2, 0) is 17.8 Å². The van der Waals surface area contributed by atoms with Gasteiger partial charge in [0.05, 0.1) is 5.69 Å². The average Bonchev–Trinajstić information content (AvgIpc) is 3.12. The number of fused-ring (bicyclic) bond motifs is 3. The zero-order valence-electron chi connectivity index (χ0n) is 17.3. The summed E-state index contributed by atoms with van der Waals surface area (Å²) in [5.74, 6) is 2.51. The number of aryl methyl sites for hydroxylation is 2. The predicted molar refractivity (Wildman–Crippen MR) is 125 cm³/mol. The molecule has 2 atom stereocenters. The summed E-state index contributed by atoms with van der Waals surface area (Å²) in [5.41, 5.74) is 9.38. The maximum absolute atomic E-state index is 12.8. The van der Waals surface area contributed by atoms with Gasteiger partial charge in [0.2, 0.25) is 5.91 Å². The summed E-state index contributed by atoms with van der Waals surface area (Å²) < 4.78 is 2.28. The number of carbonyl (C=O) groups excluding carboxylic acids is 1. The molecule has 1 aromatic carbocycles. The second kappa shape index (κ2) is 9.71. The Morgan fingerprint density at radius 1 is 1.03 bits per heavy atom. The third kappa shape index (κ3) is 4.53. The fourth-order valence-corrected chi connectivity index (χ4v) is 5.52. The third-order valence-corrected chi connectivity index (χ3v) is 7.14. The highest BCUT2D eigenvalue weighted by Crippen LogP contribution is 2.42. The van der Waals surface area contributed by atoms with E-state index in [0.717, 1.165) is 42.8 Å². The van der Waals surface area contributed by atoms with Crippen LogP contribution in [0.3, 0.4) is 0 Å². The van der Waals surface area contributed by atoms with Crippen molar-refractivity contribution >= 4 is 36.4 Å². The fourth-order valence-electron chi connectivity index (χ4n) is 5.52. The van der Waals surface area contributed by atoms with Crippen LogP contribution in [0.15, 0.2) is 30.5 Å². The van der Waals surface area contributed by atoms with Crippen LogP contribution in [-0.4, -0.2) is 21.5 Å². The van der Waals surface area contributed by atoms with Gasteiger partial charge in [0.15, 0.2) is 0 Å². The van der Waals surface area contributed by atoms with E-state index in [1.54, 1.807) is 0 Å². The zero-order chi connectivity index (χ0) is 19.1. The molecule has 2 unspecified atom stereocenters. The number of hydrogen-bond donors (Lipinski definition) is 2. The van der Waals surface area contributed by atoms with E-state index < -0.39 is 0 Å². The standard InChI is InChI=1S/C23H30N4O.2ClH/c24-22-16-4-3-5-17(22)13-18(12-16)23(28)25-19-9-7-15(8-10-19)20-14-27-11-2-1-6-21(27)26-20;;/h7-10,14,16-18,22H,1-6,11-13,24H2,(H,25,28);2*1H. The minimum atomic E-state index is 0. The number of hydrogen-bond acceptors (Lipinski definition) is 3. The van der Waals surface area contributed by atoms with Gasteiger partial charge in [-0.25, -0.2) is 4.98 Å². The first kappa shape index (κ1) is 23.1. The molecule has 2 fully saturated rings. The number of carbonyl (C=O) groups is 1. The Bertz CT molecular complexity index is 829. The largest absolute Gasteiger partial charge is 0.334 e. The van der Waals surface area contributed by atoms with Crippen LogP contribution >= 0.6 is 24.8 Å². The van der Waals surface area contributed by atoms with Crippen LogP contribution in [0.1, 0.15) is 50.8 Å². The molecule has 3 N–H and O–H groups in total. The Kier molecular flexibility index (Phi) is 7.48. The van der Waals surface area contributed by atoms with Gasteiger partial charge in [0, 0.05) is 42.4 Å². The maximum Gasteiger partial charge on any atom is 0.227 e. The van der Waals surface area contributed by atoms with Crippen LogP contribution in [0.5, 0.6) is 0 Å². The van der Waals surface area contributed by atoms with Gasteiger partial charge in [-0.1, -0.05) is 18.6 Å². The van der Waals surface area contributed by atoms with E-state index in [1.165, 1.54) is 37.9 Å². The van der Waals surface area contributed by atoms with Gasteiger partial charge < -0.3 is 15.6 Å². The molecule has 1 aromatic heterocycles. The molecule has 5 nitrogen and oxygen atoms in total. The summed E-state index contributed by atoms with van der Waals surface area (Å²) >= 11 is 0. The average molecular weight is 451 g/mol. The maximum atomic E-state index is 12.8. The Morgan fingerprint density at radius 2 is 1.73 bits per heavy atom. The first-order valence-electron chi connectivity index (χ1n) is 10.9. The van der Waals surface area contributed by atoms with Crippen LogP contribution < -0.4 is 11.1 Å². The van der Waals surface area contributed by atoms with E-state index in [9.17, 15) is 4.79 Å². The molecule has 1 amide bonds. The lowest BCUT2D eigenvalue weighted by Crippen LogP contribution is -2.48. The van der Waals surface area contributed by atoms with E-state index in [4.69, 9.17) is 10.7 Å². The molecule has 2 aliphatic carbocycles. The van der Waals surface area contributed by atoms with Crippen LogP contribution in [0.25, 0.3) is 11.3 Å². The lowest BCUT2D eigenvalue weighted by atomic mass is 9.65. The van der Waals surface area contributed by atoms with Crippen LogP contribution in [0, 0.1) is 17.8 Å². The molecule has 164 valence electrons. The molecule has 5 rings (SSSR count). The third-order valence-electron chi connectivity index (χ3n) is 7.14. The van der Waals surface area contributed by atoms with Crippen molar-refractivity contribution in [1.82, 2.24) is 9.55 Å². The predicted octanol–water partition coefficient (Wildman–Crippen LogP) is 4.82. The topological polar surface area (TPSA) is 72.9 Å². The van der Waals surface area contributed by atoms with E-state index in [2.05, 4.69) is 28.2 Å². The van der Waals surface area contributed by atoms with Gasteiger partial charge in [-0.3, -0.25) is 4.79 Å². The normalized spacial score (nSPS) is 27.2. The molecule has 2 aromatic rings. The summed E-state index contributed by atoms with van der Waals surface area (Å²) in [6.07, 6.45) is 11.2. The Hall–Kier alpha value is -1.56. The lowest BCUT2D eigenvalue weighted by molar-refractivity contribution is -0.122. The number of nitrogens with two attached hydrogens (primary N) is 1. The molecule has 3 aliphatic rings. The molecular formula is C23H32Cl2N4O. The highest BCUT2D eigenvalue weighted by atomic mass is 35.5. The minimum Gasteiger partial charge on any atom is -0.334 e. The van der Waals surface area contributed by atoms with Crippen molar-refractivity contribution in [2.24, 2.45) is 23.5 Å². The molecule has 0 spiro atoms. The SMILES string of the molecule is Cl.Cl.NC1C2CCCC1CC(C(=O)Nc1ccc(-c3cn4c(n3)CCCC4)cc1)C2. The number of imidazole rings is 1. The van der Waals surface area contributed by atoms with E-state index >= 15 is 0 Å². The van der Waals surface area contributed by atoms with Crippen molar-refractivity contribution in [3.05, 3.63) is 36.3 Å². The summed E-state index contributed by atoms with van der Waals surface area (Å²) in [5, 5.41) is 3.14. The highest BCUT2D eigenvalue weighted by molar-refractivity contribution is 5.92. The number of halogens is 2. The summed E-state index contributed by atoms with van der Waals surface area (Å²) in [7, 11) is 0. The van der Waals surface area contributed by atoms with Gasteiger partial charge in [-0.2, -0.15) is 0 Å². The molecular weight excluding hydrogens is 419 g/mol. The molecule has 7 heteroatoms. The van der Waals surface area contributed by atoms with Gasteiger partial charge in [0.1, 0.15) is 5.82 Å². The number of nitrogens with one attached hydrogen (secondary N) is 1. The highest BCUT2D eigenvalue weighted by Gasteiger charge is 2.40. The second-order valence-corrected chi connectivity index (χ2v) is 8.96. The minimum absolute atomic E-state index is 0. The molecule has 0 saturated heterocycles. The molecule has 0 radical (unpaired) electrons. The molecule has 30 heavy (non-hydrogen) atoms. The first-order valence-corrected chi connectivity index (χ1v) is 10.9. The van der Waals surface area contributed by atoms with Crippen molar-refractivity contribution < 1.29 is 4.79 Å². The molecule has 1 aliphatic heterocycles. The first-order chi connectivity index (χ1) is 13.7. The van der Waals surface area contributed by atoms with Crippen molar-refractivity contribution in [3.63, 3.8) is 0 Å². The Morgan fingerprint density at radius 3 is 2.40 bits per heavy atom. The number of amides is 1. The van der Waals surface area contributed by atoms with Crippen LogP contribution in [0.4, 0.5) is 5.69 Å². The van der Waals surface area contributed by atoms with Crippen molar-refractivity contribution in [2.45, 2.75) is 64.0 Å².